The molecule has 1 saturated heterocycles. The van der Waals surface area contributed by atoms with E-state index in [4.69, 9.17) is 14.2 Å². The molecule has 0 aliphatic carbocycles. The van der Waals surface area contributed by atoms with Crippen molar-refractivity contribution in [2.24, 2.45) is 0 Å². The Morgan fingerprint density at radius 2 is 1.87 bits per heavy atom. The Bertz CT molecular complexity index is 314. The molecule has 0 aromatic heterocycles. The van der Waals surface area contributed by atoms with Crippen molar-refractivity contribution in [2.75, 3.05) is 20.3 Å². The molecule has 1 aliphatic heterocycles. The van der Waals surface area contributed by atoms with Crippen molar-refractivity contribution in [3.8, 4) is 11.5 Å². The summed E-state index contributed by atoms with van der Waals surface area (Å²) < 4.78 is 15.9. The third kappa shape index (κ3) is 2.86. The number of hydrogen-bond donors (Lipinski definition) is 0. The fraction of sp³-hybridized carbons (Fsp3) is 0.500. The van der Waals surface area contributed by atoms with Gasteiger partial charge in [0.15, 0.2) is 0 Å². The van der Waals surface area contributed by atoms with Crippen LogP contribution in [0.15, 0.2) is 24.3 Å². The van der Waals surface area contributed by atoms with Gasteiger partial charge >= 0.3 is 0 Å². The van der Waals surface area contributed by atoms with Crippen LogP contribution in [0, 0.1) is 0 Å². The molecule has 1 aliphatic rings. The van der Waals surface area contributed by atoms with Crippen LogP contribution in [0.3, 0.4) is 0 Å². The van der Waals surface area contributed by atoms with Gasteiger partial charge in [0.05, 0.1) is 25.9 Å². The summed E-state index contributed by atoms with van der Waals surface area (Å²) in [6, 6.07) is 7.61. The normalized spacial score (nSPS) is 23.6. The minimum Gasteiger partial charge on any atom is -0.497 e. The molecule has 1 aromatic rings. The van der Waals surface area contributed by atoms with Crippen molar-refractivity contribution in [1.82, 2.24) is 0 Å². The molecule has 2 rings (SSSR count). The van der Waals surface area contributed by atoms with E-state index in [2.05, 4.69) is 6.92 Å². The molecule has 82 valence electrons. The lowest BCUT2D eigenvalue weighted by Gasteiger charge is -2.08. The highest BCUT2D eigenvalue weighted by Gasteiger charge is 2.38. The molecule has 0 saturated carbocycles. The zero-order chi connectivity index (χ0) is 10.7. The van der Waals surface area contributed by atoms with Crippen LogP contribution in [0.2, 0.25) is 0 Å². The van der Waals surface area contributed by atoms with Crippen molar-refractivity contribution < 1.29 is 14.2 Å². The van der Waals surface area contributed by atoms with E-state index in [9.17, 15) is 0 Å². The van der Waals surface area contributed by atoms with Gasteiger partial charge in [-0.15, -0.1) is 0 Å². The summed E-state index contributed by atoms with van der Waals surface area (Å²) in [5.41, 5.74) is 0.0759. The molecule has 0 N–H and O–H groups in total. The van der Waals surface area contributed by atoms with Crippen molar-refractivity contribution in [2.45, 2.75) is 18.9 Å². The van der Waals surface area contributed by atoms with E-state index in [0.29, 0.717) is 6.61 Å². The van der Waals surface area contributed by atoms with Gasteiger partial charge in [0, 0.05) is 6.42 Å². The van der Waals surface area contributed by atoms with Gasteiger partial charge in [-0.1, -0.05) is 0 Å². The van der Waals surface area contributed by atoms with Gasteiger partial charge in [-0.05, 0) is 31.2 Å². The molecule has 3 nitrogen and oxygen atoms in total. The largest absolute Gasteiger partial charge is 0.497 e. The molecule has 1 heterocycles. The first-order chi connectivity index (χ1) is 7.22. The van der Waals surface area contributed by atoms with Gasteiger partial charge in [0.2, 0.25) is 0 Å². The highest BCUT2D eigenvalue weighted by molar-refractivity contribution is 5.31. The molecular weight excluding hydrogens is 192 g/mol. The number of hydrogen-bond acceptors (Lipinski definition) is 3. The quantitative estimate of drug-likeness (QED) is 0.695. The fourth-order valence-electron chi connectivity index (χ4n) is 1.32. The van der Waals surface area contributed by atoms with Crippen LogP contribution in [-0.4, -0.2) is 25.9 Å². The van der Waals surface area contributed by atoms with E-state index in [-0.39, 0.29) is 5.60 Å². The summed E-state index contributed by atoms with van der Waals surface area (Å²) in [6.45, 7) is 3.66. The predicted octanol–water partition coefficient (Wildman–Crippen LogP) is 2.25. The average Bonchev–Trinajstić information content (AvgIpc) is 2.98. The van der Waals surface area contributed by atoms with Gasteiger partial charge in [-0.25, -0.2) is 0 Å². The van der Waals surface area contributed by atoms with E-state index in [0.717, 1.165) is 24.5 Å². The van der Waals surface area contributed by atoms with Crippen LogP contribution in [-0.2, 0) is 4.74 Å². The third-order valence-electron chi connectivity index (χ3n) is 2.60. The average molecular weight is 208 g/mol. The zero-order valence-corrected chi connectivity index (χ0v) is 9.16. The molecule has 1 atom stereocenters. The SMILES string of the molecule is COc1ccc(OCC[C@@]2(C)CO2)cc1. The summed E-state index contributed by atoms with van der Waals surface area (Å²) >= 11 is 0. The Labute approximate surface area is 90.0 Å². The molecule has 0 radical (unpaired) electrons. The monoisotopic (exact) mass is 208 g/mol. The van der Waals surface area contributed by atoms with Crippen LogP contribution < -0.4 is 9.47 Å². The Hall–Kier alpha value is -1.22. The van der Waals surface area contributed by atoms with Crippen LogP contribution in [0.25, 0.3) is 0 Å². The highest BCUT2D eigenvalue weighted by Crippen LogP contribution is 2.29. The van der Waals surface area contributed by atoms with E-state index < -0.39 is 0 Å². The Morgan fingerprint density at radius 1 is 1.27 bits per heavy atom. The topological polar surface area (TPSA) is 31.0 Å². The number of methoxy groups -OCH3 is 1. The van der Waals surface area contributed by atoms with Gasteiger partial charge in [0.25, 0.3) is 0 Å². The minimum absolute atomic E-state index is 0.0759. The number of rotatable bonds is 5. The van der Waals surface area contributed by atoms with Gasteiger partial charge in [-0.3, -0.25) is 0 Å². The lowest BCUT2D eigenvalue weighted by molar-refractivity contribution is 0.238. The second-order valence-corrected chi connectivity index (χ2v) is 4.01. The van der Waals surface area contributed by atoms with E-state index >= 15 is 0 Å². The van der Waals surface area contributed by atoms with Crippen LogP contribution in [0.1, 0.15) is 13.3 Å². The molecule has 0 unspecified atom stereocenters. The second-order valence-electron chi connectivity index (χ2n) is 4.01. The smallest absolute Gasteiger partial charge is 0.119 e. The molecular formula is C12H16O3. The number of epoxide rings is 1. The first kappa shape index (κ1) is 10.3. The molecule has 3 heteroatoms. The first-order valence-electron chi connectivity index (χ1n) is 5.13. The van der Waals surface area contributed by atoms with Gasteiger partial charge in [-0.2, -0.15) is 0 Å². The Balaban J connectivity index is 1.77. The summed E-state index contributed by atoms with van der Waals surface area (Å²) in [7, 11) is 1.65. The zero-order valence-electron chi connectivity index (χ0n) is 9.16. The van der Waals surface area contributed by atoms with Crippen LogP contribution in [0.4, 0.5) is 0 Å². The number of ether oxygens (including phenoxy) is 3. The van der Waals surface area contributed by atoms with E-state index in [1.54, 1.807) is 7.11 Å². The lowest BCUT2D eigenvalue weighted by Crippen LogP contribution is -2.10. The molecule has 1 fully saturated rings. The lowest BCUT2D eigenvalue weighted by atomic mass is 10.1. The van der Waals surface area contributed by atoms with Crippen LogP contribution in [0.5, 0.6) is 11.5 Å². The summed E-state index contributed by atoms with van der Waals surface area (Å²) in [4.78, 5) is 0. The van der Waals surface area contributed by atoms with Gasteiger partial charge < -0.3 is 14.2 Å². The van der Waals surface area contributed by atoms with Gasteiger partial charge in [0.1, 0.15) is 11.5 Å². The molecule has 1 aromatic carbocycles. The maximum atomic E-state index is 5.59. The maximum Gasteiger partial charge on any atom is 0.119 e. The highest BCUT2D eigenvalue weighted by atomic mass is 16.6. The van der Waals surface area contributed by atoms with Crippen molar-refractivity contribution >= 4 is 0 Å². The molecule has 0 spiro atoms. The summed E-state index contributed by atoms with van der Waals surface area (Å²) in [5, 5.41) is 0. The maximum absolute atomic E-state index is 5.59. The van der Waals surface area contributed by atoms with Crippen molar-refractivity contribution in [3.63, 3.8) is 0 Å². The van der Waals surface area contributed by atoms with Crippen LogP contribution >= 0.6 is 0 Å². The summed E-state index contributed by atoms with van der Waals surface area (Å²) in [5.74, 6) is 1.72. The first-order valence-corrected chi connectivity index (χ1v) is 5.13. The Morgan fingerprint density at radius 3 is 2.40 bits per heavy atom. The third-order valence-corrected chi connectivity index (χ3v) is 2.60. The van der Waals surface area contributed by atoms with E-state index in [1.165, 1.54) is 0 Å². The van der Waals surface area contributed by atoms with Crippen molar-refractivity contribution in [3.05, 3.63) is 24.3 Å². The van der Waals surface area contributed by atoms with Crippen molar-refractivity contribution in [1.29, 1.82) is 0 Å². The second kappa shape index (κ2) is 4.11. The standard InChI is InChI=1S/C12H16O3/c1-12(9-15-12)7-8-14-11-5-3-10(13-2)4-6-11/h3-6H,7-9H2,1-2H3/t12-/m0/s1. The summed E-state index contributed by atoms with van der Waals surface area (Å²) in [6.07, 6.45) is 0.943. The Kier molecular flexibility index (Phi) is 2.82. The minimum atomic E-state index is 0.0759. The van der Waals surface area contributed by atoms with E-state index in [1.807, 2.05) is 24.3 Å². The number of benzene rings is 1. The molecule has 0 amide bonds. The fourth-order valence-corrected chi connectivity index (χ4v) is 1.32. The molecule has 0 bridgehead atoms. The molecule has 15 heavy (non-hydrogen) atoms. The predicted molar refractivity (Wildman–Crippen MR) is 57.5 cm³/mol.